The molecule has 1 aromatic heterocycles. The number of ether oxygens (including phenoxy) is 1. The zero-order valence-corrected chi connectivity index (χ0v) is 14.7. The number of halogens is 2. The van der Waals surface area contributed by atoms with E-state index in [0.29, 0.717) is 18.9 Å². The molecule has 0 aliphatic carbocycles. The van der Waals surface area contributed by atoms with Crippen LogP contribution < -0.4 is 10.3 Å². The van der Waals surface area contributed by atoms with Crippen molar-refractivity contribution in [1.29, 1.82) is 0 Å². The van der Waals surface area contributed by atoms with Gasteiger partial charge in [0.15, 0.2) is 10.8 Å². The number of nitrogens with zero attached hydrogens (tertiary/aromatic N) is 2. The number of rotatable bonds is 7. The summed E-state index contributed by atoms with van der Waals surface area (Å²) in [5.74, 6) is 0.323. The molecule has 0 aliphatic rings. The lowest BCUT2D eigenvalue weighted by atomic mass is 10.2. The van der Waals surface area contributed by atoms with Crippen molar-refractivity contribution in [3.05, 3.63) is 57.0 Å². The Morgan fingerprint density at radius 3 is 2.59 bits per heavy atom. The molecule has 0 saturated heterocycles. The van der Waals surface area contributed by atoms with Gasteiger partial charge in [-0.25, -0.2) is 4.68 Å². The summed E-state index contributed by atoms with van der Waals surface area (Å²) in [5.41, 5.74) is 1.90. The highest BCUT2D eigenvalue weighted by Crippen LogP contribution is 2.20. The SMILES string of the molecule is CCCCn1ncc(OCc2ccc(CBr)cc2)c(Cl)c1=O. The summed E-state index contributed by atoms with van der Waals surface area (Å²) < 4.78 is 7.00. The lowest BCUT2D eigenvalue weighted by Crippen LogP contribution is -2.23. The average molecular weight is 386 g/mol. The molecule has 2 aromatic rings. The molecule has 0 bridgehead atoms. The number of hydrogen-bond donors (Lipinski definition) is 0. The van der Waals surface area contributed by atoms with Crippen LogP contribution in [0.4, 0.5) is 0 Å². The highest BCUT2D eigenvalue weighted by atomic mass is 79.9. The summed E-state index contributed by atoms with van der Waals surface area (Å²) in [6.45, 7) is 2.98. The maximum absolute atomic E-state index is 12.1. The Balaban J connectivity index is 2.06. The number of unbranched alkanes of at least 4 members (excludes halogenated alkanes) is 1. The molecule has 0 unspecified atom stereocenters. The summed E-state index contributed by atoms with van der Waals surface area (Å²) >= 11 is 9.49. The van der Waals surface area contributed by atoms with Gasteiger partial charge >= 0.3 is 0 Å². The van der Waals surface area contributed by atoms with Gasteiger partial charge in [0.2, 0.25) is 0 Å². The zero-order chi connectivity index (χ0) is 15.9. The van der Waals surface area contributed by atoms with E-state index in [2.05, 4.69) is 28.0 Å². The second-order valence-corrected chi connectivity index (χ2v) is 5.88. The van der Waals surface area contributed by atoms with Crippen LogP contribution in [0.1, 0.15) is 30.9 Å². The van der Waals surface area contributed by atoms with Crippen molar-refractivity contribution < 1.29 is 4.74 Å². The molecule has 22 heavy (non-hydrogen) atoms. The third kappa shape index (κ3) is 4.34. The minimum Gasteiger partial charge on any atom is -0.485 e. The fourth-order valence-electron chi connectivity index (χ4n) is 1.90. The molecule has 1 heterocycles. The van der Waals surface area contributed by atoms with Crippen LogP contribution in [0.25, 0.3) is 0 Å². The Kier molecular flexibility index (Phi) is 6.46. The molecular weight excluding hydrogens is 368 g/mol. The minimum absolute atomic E-state index is 0.0863. The lowest BCUT2D eigenvalue weighted by Gasteiger charge is -2.10. The molecule has 1 aromatic carbocycles. The van der Waals surface area contributed by atoms with Crippen molar-refractivity contribution >= 4 is 27.5 Å². The molecule has 0 saturated carbocycles. The molecule has 0 spiro atoms. The van der Waals surface area contributed by atoms with Crippen LogP contribution in [-0.4, -0.2) is 9.78 Å². The maximum Gasteiger partial charge on any atom is 0.289 e. The highest BCUT2D eigenvalue weighted by Gasteiger charge is 2.10. The third-order valence-electron chi connectivity index (χ3n) is 3.25. The van der Waals surface area contributed by atoms with Crippen molar-refractivity contribution in [1.82, 2.24) is 9.78 Å². The standard InChI is InChI=1S/C16H18BrClN2O2/c1-2-3-8-20-16(21)15(18)14(10-19-20)22-11-13-6-4-12(9-17)5-7-13/h4-7,10H,2-3,8-9,11H2,1H3. The van der Waals surface area contributed by atoms with Crippen molar-refractivity contribution in [2.75, 3.05) is 0 Å². The van der Waals surface area contributed by atoms with E-state index in [1.807, 2.05) is 24.3 Å². The Morgan fingerprint density at radius 1 is 1.27 bits per heavy atom. The van der Waals surface area contributed by atoms with Gasteiger partial charge in [-0.3, -0.25) is 4.79 Å². The van der Waals surface area contributed by atoms with E-state index in [9.17, 15) is 4.79 Å². The quantitative estimate of drug-likeness (QED) is 0.672. The second kappa shape index (κ2) is 8.34. The van der Waals surface area contributed by atoms with Crippen molar-refractivity contribution in [3.63, 3.8) is 0 Å². The molecule has 0 aliphatic heterocycles. The molecule has 0 fully saturated rings. The smallest absolute Gasteiger partial charge is 0.289 e. The first kappa shape index (κ1) is 17.0. The number of aromatic nitrogens is 2. The van der Waals surface area contributed by atoms with E-state index in [1.165, 1.54) is 16.4 Å². The van der Waals surface area contributed by atoms with E-state index in [4.69, 9.17) is 16.3 Å². The first-order valence-corrected chi connectivity index (χ1v) is 8.67. The molecule has 0 atom stereocenters. The van der Waals surface area contributed by atoms with Crippen LogP contribution in [0, 0.1) is 0 Å². The molecule has 0 radical (unpaired) electrons. The predicted octanol–water partition coefficient (Wildman–Crippen LogP) is 4.17. The Morgan fingerprint density at radius 2 is 1.95 bits per heavy atom. The monoisotopic (exact) mass is 384 g/mol. The van der Waals surface area contributed by atoms with Crippen LogP contribution in [-0.2, 0) is 18.5 Å². The van der Waals surface area contributed by atoms with Crippen LogP contribution in [0.15, 0.2) is 35.3 Å². The highest BCUT2D eigenvalue weighted by molar-refractivity contribution is 9.08. The predicted molar refractivity (Wildman–Crippen MR) is 91.8 cm³/mol. The van der Waals surface area contributed by atoms with E-state index < -0.39 is 0 Å². The van der Waals surface area contributed by atoms with Crippen LogP contribution in [0.2, 0.25) is 5.02 Å². The van der Waals surface area contributed by atoms with Gasteiger partial charge in [0.05, 0.1) is 6.20 Å². The lowest BCUT2D eigenvalue weighted by molar-refractivity contribution is 0.302. The first-order chi connectivity index (χ1) is 10.7. The number of hydrogen-bond acceptors (Lipinski definition) is 3. The van der Waals surface area contributed by atoms with Crippen LogP contribution in [0.3, 0.4) is 0 Å². The van der Waals surface area contributed by atoms with Crippen molar-refractivity contribution in [2.24, 2.45) is 0 Å². The Labute approximate surface area is 143 Å². The summed E-state index contributed by atoms with van der Waals surface area (Å²) in [7, 11) is 0. The number of benzene rings is 1. The molecule has 2 rings (SSSR count). The van der Waals surface area contributed by atoms with Gasteiger partial charge in [-0.05, 0) is 17.5 Å². The van der Waals surface area contributed by atoms with E-state index in [1.54, 1.807) is 0 Å². The molecule has 0 amide bonds. The molecule has 0 N–H and O–H groups in total. The van der Waals surface area contributed by atoms with Crippen molar-refractivity contribution in [3.8, 4) is 5.75 Å². The van der Waals surface area contributed by atoms with Gasteiger partial charge in [0.1, 0.15) is 6.61 Å². The largest absolute Gasteiger partial charge is 0.485 e. The number of aryl methyl sites for hydroxylation is 1. The maximum atomic E-state index is 12.1. The second-order valence-electron chi connectivity index (χ2n) is 4.94. The fourth-order valence-corrected chi connectivity index (χ4v) is 2.48. The minimum atomic E-state index is -0.303. The van der Waals surface area contributed by atoms with Crippen LogP contribution >= 0.6 is 27.5 Å². The third-order valence-corrected chi connectivity index (χ3v) is 4.24. The zero-order valence-electron chi connectivity index (χ0n) is 12.4. The average Bonchev–Trinajstić information content (AvgIpc) is 2.56. The molecule has 118 valence electrons. The molecular formula is C16H18BrClN2O2. The summed E-state index contributed by atoms with van der Waals surface area (Å²) in [6.07, 6.45) is 3.39. The van der Waals surface area contributed by atoms with Gasteiger partial charge in [0, 0.05) is 11.9 Å². The Bertz CT molecular complexity index is 671. The van der Waals surface area contributed by atoms with Gasteiger partial charge in [-0.2, -0.15) is 5.10 Å². The first-order valence-electron chi connectivity index (χ1n) is 7.18. The normalized spacial score (nSPS) is 10.7. The van der Waals surface area contributed by atoms with Gasteiger partial charge < -0.3 is 4.74 Å². The van der Waals surface area contributed by atoms with Gasteiger partial charge in [-0.1, -0.05) is 65.1 Å². The van der Waals surface area contributed by atoms with Crippen molar-refractivity contribution in [2.45, 2.75) is 38.2 Å². The van der Waals surface area contributed by atoms with Crippen LogP contribution in [0.5, 0.6) is 5.75 Å². The Hall–Kier alpha value is -1.33. The summed E-state index contributed by atoms with van der Waals surface area (Å²) in [5, 5.41) is 5.01. The van der Waals surface area contributed by atoms with E-state index in [0.717, 1.165) is 23.7 Å². The number of alkyl halides is 1. The molecule has 6 heteroatoms. The van der Waals surface area contributed by atoms with Gasteiger partial charge in [0.25, 0.3) is 5.56 Å². The summed E-state index contributed by atoms with van der Waals surface area (Å²) in [4.78, 5) is 12.1. The van der Waals surface area contributed by atoms with E-state index in [-0.39, 0.29) is 10.6 Å². The topological polar surface area (TPSA) is 44.1 Å². The summed E-state index contributed by atoms with van der Waals surface area (Å²) in [6, 6.07) is 8.02. The van der Waals surface area contributed by atoms with Gasteiger partial charge in [-0.15, -0.1) is 0 Å². The fraction of sp³-hybridized carbons (Fsp3) is 0.375. The molecule has 4 nitrogen and oxygen atoms in total. The van der Waals surface area contributed by atoms with E-state index >= 15 is 0 Å².